The van der Waals surface area contributed by atoms with Crippen molar-refractivity contribution in [3.8, 4) is 0 Å². The predicted molar refractivity (Wildman–Crippen MR) is 46.5 cm³/mol. The van der Waals surface area contributed by atoms with Gasteiger partial charge in [-0.05, 0) is 5.57 Å². The van der Waals surface area contributed by atoms with Gasteiger partial charge in [-0.15, -0.1) is 0 Å². The van der Waals surface area contributed by atoms with Crippen molar-refractivity contribution in [3.05, 3.63) is 37.0 Å². The molecule has 0 atom stereocenters. The summed E-state index contributed by atoms with van der Waals surface area (Å²) in [5.74, 6) is 0.156. The molecule has 0 fully saturated rings. The molecule has 0 bridgehead atoms. The van der Waals surface area contributed by atoms with E-state index >= 15 is 0 Å². The maximum absolute atomic E-state index is 8.19. The lowest BCUT2D eigenvalue weighted by atomic mass is 10.2. The molecule has 0 aromatic heterocycles. The summed E-state index contributed by atoms with van der Waals surface area (Å²) in [6.45, 7) is 7.17. The lowest BCUT2D eigenvalue weighted by Gasteiger charge is -1.95. The summed E-state index contributed by atoms with van der Waals surface area (Å²) in [6.07, 6.45) is 5.51. The molecule has 0 amide bonds. The third kappa shape index (κ3) is 4.96. The number of nitrogens with two attached hydrogens (primary N) is 1. The number of hydrogen-bond donors (Lipinski definition) is 2. The van der Waals surface area contributed by atoms with Gasteiger partial charge in [0.1, 0.15) is 5.84 Å². The summed E-state index contributed by atoms with van der Waals surface area (Å²) in [7, 11) is 0. The summed E-state index contributed by atoms with van der Waals surface area (Å²) >= 11 is 0. The highest BCUT2D eigenvalue weighted by Crippen LogP contribution is 1.99. The van der Waals surface area contributed by atoms with Crippen molar-refractivity contribution in [2.75, 3.05) is 0 Å². The lowest BCUT2D eigenvalue weighted by molar-refractivity contribution is 0.317. The summed E-state index contributed by atoms with van der Waals surface area (Å²) in [6, 6.07) is 0. The Morgan fingerprint density at radius 2 is 2.27 bits per heavy atom. The first-order valence-electron chi connectivity index (χ1n) is 3.14. The monoisotopic (exact) mass is 152 g/mol. The van der Waals surface area contributed by atoms with E-state index in [4.69, 9.17) is 10.9 Å². The molecule has 60 valence electrons. The van der Waals surface area contributed by atoms with Gasteiger partial charge in [0, 0.05) is 6.42 Å². The van der Waals surface area contributed by atoms with Gasteiger partial charge in [0.2, 0.25) is 0 Å². The van der Waals surface area contributed by atoms with Crippen LogP contribution in [0.5, 0.6) is 0 Å². The van der Waals surface area contributed by atoms with Crippen LogP contribution in [-0.2, 0) is 0 Å². The van der Waals surface area contributed by atoms with Gasteiger partial charge >= 0.3 is 0 Å². The fourth-order valence-electron chi connectivity index (χ4n) is 0.531. The highest BCUT2D eigenvalue weighted by molar-refractivity contribution is 5.82. The maximum atomic E-state index is 8.19. The molecule has 0 rings (SSSR count). The molecule has 0 heterocycles. The van der Waals surface area contributed by atoms with E-state index < -0.39 is 0 Å². The fourth-order valence-corrected chi connectivity index (χ4v) is 0.531. The normalized spacial score (nSPS) is 11.8. The van der Waals surface area contributed by atoms with Crippen LogP contribution in [0.1, 0.15) is 6.42 Å². The highest BCUT2D eigenvalue weighted by Gasteiger charge is 1.92. The second kappa shape index (κ2) is 5.29. The first-order valence-corrected chi connectivity index (χ1v) is 3.14. The smallest absolute Gasteiger partial charge is 0.143 e. The summed E-state index contributed by atoms with van der Waals surface area (Å²) < 4.78 is 0. The van der Waals surface area contributed by atoms with Gasteiger partial charge in [-0.3, -0.25) is 0 Å². The minimum Gasteiger partial charge on any atom is -0.409 e. The van der Waals surface area contributed by atoms with Crippen molar-refractivity contribution >= 4 is 5.84 Å². The van der Waals surface area contributed by atoms with E-state index in [0.29, 0.717) is 6.42 Å². The van der Waals surface area contributed by atoms with Crippen molar-refractivity contribution in [2.24, 2.45) is 10.9 Å². The maximum Gasteiger partial charge on any atom is 0.143 e. The van der Waals surface area contributed by atoms with Gasteiger partial charge in [-0.1, -0.05) is 36.5 Å². The molecule has 0 aromatic carbocycles. The Hall–Kier alpha value is -1.51. The molecule has 0 aliphatic carbocycles. The summed E-state index contributed by atoms with van der Waals surface area (Å²) in [4.78, 5) is 0. The molecule has 0 aromatic rings. The second-order valence-corrected chi connectivity index (χ2v) is 2.02. The number of nitrogens with zero attached hydrogens (tertiary/aromatic N) is 1. The Labute approximate surface area is 66.2 Å². The molecule has 11 heavy (non-hydrogen) atoms. The molecule has 0 saturated heterocycles. The molecule has 0 spiro atoms. The minimum absolute atomic E-state index is 0.156. The Bertz CT molecular complexity index is 204. The Balaban J connectivity index is 3.88. The average molecular weight is 152 g/mol. The molecule has 0 unspecified atom stereocenters. The van der Waals surface area contributed by atoms with Gasteiger partial charge in [0.15, 0.2) is 0 Å². The molecule has 0 radical (unpaired) electrons. The average Bonchev–Trinajstić information content (AvgIpc) is 2.00. The largest absolute Gasteiger partial charge is 0.409 e. The Morgan fingerprint density at radius 3 is 2.73 bits per heavy atom. The molecular formula is C8H12N2O. The van der Waals surface area contributed by atoms with E-state index in [1.54, 1.807) is 18.2 Å². The number of oxime groups is 1. The summed E-state index contributed by atoms with van der Waals surface area (Å²) in [5.41, 5.74) is 6.00. The van der Waals surface area contributed by atoms with Gasteiger partial charge in [0.05, 0.1) is 0 Å². The second-order valence-electron chi connectivity index (χ2n) is 2.02. The van der Waals surface area contributed by atoms with Gasteiger partial charge < -0.3 is 10.9 Å². The molecule has 3 nitrogen and oxygen atoms in total. The highest BCUT2D eigenvalue weighted by atomic mass is 16.4. The number of hydrogen-bond acceptors (Lipinski definition) is 2. The molecule has 3 heteroatoms. The van der Waals surface area contributed by atoms with E-state index in [2.05, 4.69) is 18.3 Å². The van der Waals surface area contributed by atoms with E-state index in [1.807, 2.05) is 0 Å². The van der Waals surface area contributed by atoms with E-state index in [9.17, 15) is 0 Å². The van der Waals surface area contributed by atoms with Crippen molar-refractivity contribution < 1.29 is 5.21 Å². The van der Waals surface area contributed by atoms with E-state index in [-0.39, 0.29) is 5.84 Å². The Morgan fingerprint density at radius 1 is 1.64 bits per heavy atom. The third-order valence-corrected chi connectivity index (χ3v) is 1.00. The zero-order valence-electron chi connectivity index (χ0n) is 6.33. The number of rotatable bonds is 4. The number of amidine groups is 1. The standard InChI is InChI=1S/C8H12N2O/c1-3-4-5-7(2)6-8(9)10-11/h3-5,11H,1-2,6H2,(H2,9,10)/b5-4-. The van der Waals surface area contributed by atoms with Crippen LogP contribution in [0.25, 0.3) is 0 Å². The van der Waals surface area contributed by atoms with Crippen LogP contribution in [0, 0.1) is 0 Å². The minimum atomic E-state index is 0.156. The van der Waals surface area contributed by atoms with Gasteiger partial charge in [-0.25, -0.2) is 0 Å². The first-order chi connectivity index (χ1) is 5.20. The molecule has 0 aliphatic heterocycles. The summed E-state index contributed by atoms with van der Waals surface area (Å²) in [5, 5.41) is 11.0. The first kappa shape index (κ1) is 9.49. The zero-order valence-corrected chi connectivity index (χ0v) is 6.33. The predicted octanol–water partition coefficient (Wildman–Crippen LogP) is 1.42. The number of allylic oxidation sites excluding steroid dienone is 3. The SMILES string of the molecule is C=C/C=C\C(=C)C/C(N)=N/O. The van der Waals surface area contributed by atoms with E-state index in [0.717, 1.165) is 5.57 Å². The third-order valence-electron chi connectivity index (χ3n) is 1.00. The van der Waals surface area contributed by atoms with Crippen molar-refractivity contribution in [1.29, 1.82) is 0 Å². The van der Waals surface area contributed by atoms with Crippen molar-refractivity contribution in [2.45, 2.75) is 6.42 Å². The van der Waals surface area contributed by atoms with Crippen LogP contribution in [0.2, 0.25) is 0 Å². The van der Waals surface area contributed by atoms with Gasteiger partial charge in [-0.2, -0.15) is 0 Å². The van der Waals surface area contributed by atoms with Crippen LogP contribution in [0.4, 0.5) is 0 Å². The van der Waals surface area contributed by atoms with Crippen LogP contribution >= 0.6 is 0 Å². The Kier molecular flexibility index (Phi) is 4.56. The van der Waals surface area contributed by atoms with Crippen LogP contribution in [-0.4, -0.2) is 11.0 Å². The molecular weight excluding hydrogens is 140 g/mol. The lowest BCUT2D eigenvalue weighted by Crippen LogP contribution is -2.11. The topological polar surface area (TPSA) is 58.6 Å². The van der Waals surface area contributed by atoms with Gasteiger partial charge in [0.25, 0.3) is 0 Å². The van der Waals surface area contributed by atoms with Crippen molar-refractivity contribution in [1.82, 2.24) is 0 Å². The molecule has 0 aliphatic rings. The fraction of sp³-hybridized carbons (Fsp3) is 0.125. The zero-order chi connectivity index (χ0) is 8.69. The van der Waals surface area contributed by atoms with Crippen LogP contribution in [0.15, 0.2) is 42.1 Å². The van der Waals surface area contributed by atoms with Crippen LogP contribution < -0.4 is 5.73 Å². The molecule has 3 N–H and O–H groups in total. The van der Waals surface area contributed by atoms with Crippen molar-refractivity contribution in [3.63, 3.8) is 0 Å². The van der Waals surface area contributed by atoms with E-state index in [1.165, 1.54) is 0 Å². The molecule has 0 saturated carbocycles. The quantitative estimate of drug-likeness (QED) is 0.210. The van der Waals surface area contributed by atoms with Crippen LogP contribution in [0.3, 0.4) is 0 Å².